The monoisotopic (exact) mass is 277 g/mol. The predicted octanol–water partition coefficient (Wildman–Crippen LogP) is 2.72. The van der Waals surface area contributed by atoms with Crippen LogP contribution in [0.25, 0.3) is 0 Å². The van der Waals surface area contributed by atoms with Crippen LogP contribution >= 0.6 is 0 Å². The Morgan fingerprint density at radius 2 is 2.00 bits per heavy atom. The average molecular weight is 277 g/mol. The Balaban J connectivity index is 3.36. The number of halogens is 4. The smallest absolute Gasteiger partial charge is 0.387 e. The van der Waals surface area contributed by atoms with E-state index in [2.05, 4.69) is 4.74 Å². The van der Waals surface area contributed by atoms with Crippen LogP contribution in [0.3, 0.4) is 0 Å². The van der Waals surface area contributed by atoms with Gasteiger partial charge in [0.2, 0.25) is 0 Å². The molecule has 102 valence electrons. The topological polar surface area (TPSA) is 70.3 Å². The summed E-state index contributed by atoms with van der Waals surface area (Å²) in [6, 6.07) is 2.97. The lowest BCUT2D eigenvalue weighted by Crippen LogP contribution is -2.08. The molecule has 0 spiro atoms. The van der Waals surface area contributed by atoms with Crippen molar-refractivity contribution in [1.82, 2.24) is 0 Å². The van der Waals surface area contributed by atoms with Gasteiger partial charge in [0, 0.05) is 5.56 Å². The van der Waals surface area contributed by atoms with Crippen LogP contribution in [0.15, 0.2) is 12.1 Å². The Morgan fingerprint density at radius 3 is 2.42 bits per heavy atom. The summed E-state index contributed by atoms with van der Waals surface area (Å²) in [6.45, 7) is -3.31. The third kappa shape index (κ3) is 3.84. The van der Waals surface area contributed by atoms with Gasteiger partial charge in [-0.25, -0.2) is 8.78 Å². The van der Waals surface area contributed by atoms with E-state index in [-0.39, 0.29) is 5.56 Å². The van der Waals surface area contributed by atoms with Gasteiger partial charge in [0.15, 0.2) is 0 Å². The quantitative estimate of drug-likeness (QED) is 0.840. The first-order valence-corrected chi connectivity index (χ1v) is 4.86. The number of carbonyl (C=O) groups is 1. The Morgan fingerprint density at radius 1 is 1.37 bits per heavy atom. The van der Waals surface area contributed by atoms with Crippen molar-refractivity contribution >= 4 is 5.97 Å². The van der Waals surface area contributed by atoms with Gasteiger partial charge < -0.3 is 9.84 Å². The van der Waals surface area contributed by atoms with Crippen LogP contribution in [0.1, 0.15) is 23.1 Å². The minimum absolute atomic E-state index is 0.155. The third-order valence-electron chi connectivity index (χ3n) is 2.11. The number of nitriles is 1. The van der Waals surface area contributed by atoms with E-state index >= 15 is 0 Å². The summed E-state index contributed by atoms with van der Waals surface area (Å²) in [5, 5.41) is 17.3. The number of alkyl halides is 4. The number of aliphatic carboxylic acids is 1. The highest BCUT2D eigenvalue weighted by molar-refractivity contribution is 5.71. The first-order chi connectivity index (χ1) is 8.85. The molecule has 0 heterocycles. The standard InChI is InChI=1S/C11H7F4NO3/c12-10(13)6-1-5(3-9(17)18)2-8(7(6)4-16)19-11(14)15/h1-2,10-11H,3H2,(H,17,18). The molecule has 0 saturated heterocycles. The second-order valence-electron chi connectivity index (χ2n) is 3.42. The fourth-order valence-corrected chi connectivity index (χ4v) is 1.45. The van der Waals surface area contributed by atoms with Crippen molar-refractivity contribution in [1.29, 1.82) is 5.26 Å². The molecule has 0 bridgehead atoms. The van der Waals surface area contributed by atoms with E-state index in [1.807, 2.05) is 0 Å². The van der Waals surface area contributed by atoms with Crippen molar-refractivity contribution in [3.8, 4) is 11.8 Å². The van der Waals surface area contributed by atoms with E-state index in [0.29, 0.717) is 0 Å². The molecule has 0 aliphatic rings. The molecule has 19 heavy (non-hydrogen) atoms. The van der Waals surface area contributed by atoms with Crippen LogP contribution in [0.2, 0.25) is 0 Å². The molecule has 0 aliphatic heterocycles. The number of carboxylic acids is 1. The molecule has 0 unspecified atom stereocenters. The van der Waals surface area contributed by atoms with E-state index in [4.69, 9.17) is 10.4 Å². The number of benzene rings is 1. The predicted molar refractivity (Wildman–Crippen MR) is 54.1 cm³/mol. The Bertz CT molecular complexity index is 525. The van der Waals surface area contributed by atoms with Gasteiger partial charge in [-0.3, -0.25) is 4.79 Å². The van der Waals surface area contributed by atoms with Gasteiger partial charge in [-0.1, -0.05) is 0 Å². The first kappa shape index (κ1) is 14.8. The highest BCUT2D eigenvalue weighted by atomic mass is 19.3. The van der Waals surface area contributed by atoms with E-state index < -0.39 is 42.3 Å². The number of ether oxygens (including phenoxy) is 1. The molecule has 0 saturated carbocycles. The summed E-state index contributed by atoms with van der Waals surface area (Å²) >= 11 is 0. The molecular weight excluding hydrogens is 270 g/mol. The molecule has 0 atom stereocenters. The van der Waals surface area contributed by atoms with Crippen molar-refractivity contribution in [2.45, 2.75) is 19.5 Å². The maximum absolute atomic E-state index is 12.7. The van der Waals surface area contributed by atoms with Crippen LogP contribution in [0, 0.1) is 11.3 Å². The van der Waals surface area contributed by atoms with Crippen LogP contribution in [0.5, 0.6) is 5.75 Å². The zero-order valence-electron chi connectivity index (χ0n) is 9.24. The maximum atomic E-state index is 12.7. The fraction of sp³-hybridized carbons (Fsp3) is 0.273. The van der Waals surface area contributed by atoms with Crippen molar-refractivity contribution in [2.24, 2.45) is 0 Å². The largest absolute Gasteiger partial charge is 0.481 e. The average Bonchev–Trinajstić information content (AvgIpc) is 2.26. The van der Waals surface area contributed by atoms with Crippen molar-refractivity contribution in [3.63, 3.8) is 0 Å². The van der Waals surface area contributed by atoms with E-state index in [1.165, 1.54) is 6.07 Å². The molecule has 0 amide bonds. The zero-order valence-corrected chi connectivity index (χ0v) is 9.24. The molecule has 1 aromatic carbocycles. The Hall–Kier alpha value is -2.30. The van der Waals surface area contributed by atoms with Crippen LogP contribution < -0.4 is 4.74 Å². The molecule has 4 nitrogen and oxygen atoms in total. The molecular formula is C11H7F4NO3. The number of rotatable bonds is 5. The highest BCUT2D eigenvalue weighted by Gasteiger charge is 2.21. The van der Waals surface area contributed by atoms with E-state index in [9.17, 15) is 22.4 Å². The summed E-state index contributed by atoms with van der Waals surface area (Å²) in [4.78, 5) is 10.5. The summed E-state index contributed by atoms with van der Waals surface area (Å²) in [6.07, 6.45) is -3.76. The summed E-state index contributed by atoms with van der Waals surface area (Å²) < 4.78 is 53.6. The first-order valence-electron chi connectivity index (χ1n) is 4.86. The molecule has 0 radical (unpaired) electrons. The molecule has 0 fully saturated rings. The third-order valence-corrected chi connectivity index (χ3v) is 2.11. The van der Waals surface area contributed by atoms with Gasteiger partial charge in [0.05, 0.1) is 6.42 Å². The van der Waals surface area contributed by atoms with Gasteiger partial charge in [0.25, 0.3) is 6.43 Å². The number of nitrogens with zero attached hydrogens (tertiary/aromatic N) is 1. The van der Waals surface area contributed by atoms with Gasteiger partial charge in [0.1, 0.15) is 17.4 Å². The second kappa shape index (κ2) is 6.04. The number of hydrogen-bond acceptors (Lipinski definition) is 3. The lowest BCUT2D eigenvalue weighted by molar-refractivity contribution is -0.136. The maximum Gasteiger partial charge on any atom is 0.387 e. The highest BCUT2D eigenvalue weighted by Crippen LogP contribution is 2.32. The molecule has 1 rings (SSSR count). The van der Waals surface area contributed by atoms with Gasteiger partial charge in [-0.15, -0.1) is 0 Å². The summed E-state index contributed by atoms with van der Waals surface area (Å²) in [5.74, 6) is -2.08. The number of carboxylic acid groups (broad SMARTS) is 1. The summed E-state index contributed by atoms with van der Waals surface area (Å²) in [5.41, 5.74) is -1.72. The molecule has 1 N–H and O–H groups in total. The van der Waals surface area contributed by atoms with Crippen molar-refractivity contribution < 1.29 is 32.2 Å². The summed E-state index contributed by atoms with van der Waals surface area (Å²) in [7, 11) is 0. The normalized spacial score (nSPS) is 10.6. The Labute approximate surface area is 104 Å². The lowest BCUT2D eigenvalue weighted by Gasteiger charge is -2.12. The second-order valence-corrected chi connectivity index (χ2v) is 3.42. The minimum atomic E-state index is -3.31. The van der Waals surface area contributed by atoms with Crippen LogP contribution in [0.4, 0.5) is 17.6 Å². The Kier molecular flexibility index (Phi) is 4.69. The van der Waals surface area contributed by atoms with Gasteiger partial charge >= 0.3 is 12.6 Å². The molecule has 0 aromatic heterocycles. The number of hydrogen-bond donors (Lipinski definition) is 1. The SMILES string of the molecule is N#Cc1c(OC(F)F)cc(CC(=O)O)cc1C(F)F. The van der Waals surface area contributed by atoms with E-state index in [1.54, 1.807) is 0 Å². The van der Waals surface area contributed by atoms with E-state index in [0.717, 1.165) is 12.1 Å². The molecule has 0 aliphatic carbocycles. The van der Waals surface area contributed by atoms with Crippen LogP contribution in [-0.4, -0.2) is 17.7 Å². The zero-order chi connectivity index (χ0) is 14.6. The lowest BCUT2D eigenvalue weighted by atomic mass is 10.0. The van der Waals surface area contributed by atoms with Gasteiger partial charge in [-0.2, -0.15) is 14.0 Å². The molecule has 8 heteroatoms. The van der Waals surface area contributed by atoms with Crippen molar-refractivity contribution in [3.05, 3.63) is 28.8 Å². The minimum Gasteiger partial charge on any atom is -0.481 e. The van der Waals surface area contributed by atoms with Crippen LogP contribution in [-0.2, 0) is 11.2 Å². The molecule has 1 aromatic rings. The fourth-order valence-electron chi connectivity index (χ4n) is 1.45. The van der Waals surface area contributed by atoms with Crippen molar-refractivity contribution in [2.75, 3.05) is 0 Å². The van der Waals surface area contributed by atoms with Gasteiger partial charge in [-0.05, 0) is 17.7 Å².